The van der Waals surface area contributed by atoms with Gasteiger partial charge in [0.05, 0.1) is 13.2 Å². The van der Waals surface area contributed by atoms with Gasteiger partial charge < -0.3 is 14.8 Å². The zero-order chi connectivity index (χ0) is 17.8. The van der Waals surface area contributed by atoms with E-state index in [1.807, 2.05) is 0 Å². The van der Waals surface area contributed by atoms with E-state index in [0.29, 0.717) is 0 Å². The van der Waals surface area contributed by atoms with Crippen molar-refractivity contribution in [1.82, 2.24) is 5.32 Å². The molecule has 4 rings (SSSR count). The van der Waals surface area contributed by atoms with Gasteiger partial charge in [0.25, 0.3) is 0 Å². The summed E-state index contributed by atoms with van der Waals surface area (Å²) in [4.78, 5) is 0. The highest BCUT2D eigenvalue weighted by Gasteiger charge is 2.41. The summed E-state index contributed by atoms with van der Waals surface area (Å²) in [5.41, 5.74) is 5.19. The first-order valence-electron chi connectivity index (χ1n) is 9.04. The highest BCUT2D eigenvalue weighted by molar-refractivity contribution is 5.61. The molecule has 2 aliphatic rings. The molecule has 3 heteroatoms. The van der Waals surface area contributed by atoms with Crippen molar-refractivity contribution in [3.05, 3.63) is 58.7 Å². The van der Waals surface area contributed by atoms with Gasteiger partial charge in [0.1, 0.15) is 5.60 Å². The number of hydrogen-bond donors (Lipinski definition) is 1. The van der Waals surface area contributed by atoms with Gasteiger partial charge in [-0.3, -0.25) is 0 Å². The highest BCUT2D eigenvalue weighted by Crippen LogP contribution is 2.49. The van der Waals surface area contributed by atoms with Gasteiger partial charge in [-0.05, 0) is 56.9 Å². The lowest BCUT2D eigenvalue weighted by Gasteiger charge is -2.40. The van der Waals surface area contributed by atoms with Crippen molar-refractivity contribution in [1.29, 1.82) is 0 Å². The fourth-order valence-corrected chi connectivity index (χ4v) is 4.33. The van der Waals surface area contributed by atoms with E-state index in [-0.39, 0.29) is 17.2 Å². The van der Waals surface area contributed by atoms with E-state index in [4.69, 9.17) is 9.47 Å². The first-order chi connectivity index (χ1) is 11.8. The Labute approximate surface area is 150 Å². The minimum absolute atomic E-state index is 0.0295. The second kappa shape index (κ2) is 5.50. The predicted molar refractivity (Wildman–Crippen MR) is 101 cm³/mol. The maximum absolute atomic E-state index is 6.27. The summed E-state index contributed by atoms with van der Waals surface area (Å²) in [5, 5.41) is 3.86. The summed E-state index contributed by atoms with van der Waals surface area (Å²) in [6, 6.07) is 13.1. The van der Waals surface area contributed by atoms with Gasteiger partial charge in [0, 0.05) is 17.5 Å². The molecule has 0 spiro atoms. The molecule has 0 amide bonds. The Morgan fingerprint density at radius 1 is 1.08 bits per heavy atom. The Morgan fingerprint density at radius 2 is 1.80 bits per heavy atom. The molecule has 2 aromatic rings. The summed E-state index contributed by atoms with van der Waals surface area (Å²) < 4.78 is 11.9. The van der Waals surface area contributed by atoms with Gasteiger partial charge in [0.2, 0.25) is 0 Å². The lowest BCUT2D eigenvalue weighted by Crippen LogP contribution is -2.48. The molecule has 2 heterocycles. The second-order valence-corrected chi connectivity index (χ2v) is 8.55. The van der Waals surface area contributed by atoms with E-state index in [9.17, 15) is 0 Å². The third-order valence-corrected chi connectivity index (χ3v) is 5.26. The summed E-state index contributed by atoms with van der Waals surface area (Å²) in [7, 11) is 1.73. The summed E-state index contributed by atoms with van der Waals surface area (Å²) in [6.07, 6.45) is 1.89. The number of fused-ring (bicyclic) bond motifs is 3. The Bertz CT molecular complexity index is 809. The van der Waals surface area contributed by atoms with Crippen LogP contribution >= 0.6 is 0 Å². The van der Waals surface area contributed by atoms with Crippen molar-refractivity contribution >= 4 is 0 Å². The molecule has 1 atom stereocenters. The summed E-state index contributed by atoms with van der Waals surface area (Å²) >= 11 is 0. The van der Waals surface area contributed by atoms with Crippen LogP contribution in [0.2, 0.25) is 0 Å². The standard InChI is InChI=1S/C22H27NO2/c1-21(2)12-15-11-17(24-5)20-16(13-22(3,4)25-20)18(15)19(23-21)14-9-7-6-8-10-14/h6-11,19,23H,12-13H2,1-5H3. The number of nitrogens with one attached hydrogen (secondary N) is 1. The van der Waals surface area contributed by atoms with Crippen molar-refractivity contribution in [2.75, 3.05) is 7.11 Å². The zero-order valence-electron chi connectivity index (χ0n) is 15.8. The van der Waals surface area contributed by atoms with Crippen LogP contribution < -0.4 is 14.8 Å². The minimum Gasteiger partial charge on any atom is -0.493 e. The molecule has 0 radical (unpaired) electrons. The number of benzene rings is 2. The molecule has 1 N–H and O–H groups in total. The number of hydrogen-bond acceptors (Lipinski definition) is 3. The molecule has 2 aromatic carbocycles. The Morgan fingerprint density at radius 3 is 2.48 bits per heavy atom. The monoisotopic (exact) mass is 337 g/mol. The maximum Gasteiger partial charge on any atom is 0.165 e. The number of ether oxygens (including phenoxy) is 2. The molecule has 0 aliphatic carbocycles. The summed E-state index contributed by atoms with van der Waals surface area (Å²) in [6.45, 7) is 8.84. The van der Waals surface area contributed by atoms with Crippen LogP contribution in [0.25, 0.3) is 0 Å². The van der Waals surface area contributed by atoms with Gasteiger partial charge in [-0.1, -0.05) is 30.3 Å². The molecule has 3 nitrogen and oxygen atoms in total. The number of rotatable bonds is 2. The van der Waals surface area contributed by atoms with Crippen LogP contribution in [-0.2, 0) is 12.8 Å². The SMILES string of the molecule is COc1cc2c(c3c1OC(C)(C)C3)C(c1ccccc1)NC(C)(C)C2. The first kappa shape index (κ1) is 16.5. The van der Waals surface area contributed by atoms with Gasteiger partial charge in [-0.25, -0.2) is 0 Å². The quantitative estimate of drug-likeness (QED) is 0.880. The molecular formula is C22H27NO2. The van der Waals surface area contributed by atoms with Crippen molar-refractivity contribution in [3.63, 3.8) is 0 Å². The van der Waals surface area contributed by atoms with Crippen molar-refractivity contribution in [2.45, 2.75) is 57.7 Å². The van der Waals surface area contributed by atoms with Crippen molar-refractivity contribution in [2.24, 2.45) is 0 Å². The first-order valence-corrected chi connectivity index (χ1v) is 9.04. The lowest BCUT2D eigenvalue weighted by atomic mass is 9.78. The highest BCUT2D eigenvalue weighted by atomic mass is 16.5. The van der Waals surface area contributed by atoms with Crippen LogP contribution in [0.1, 0.15) is 56.0 Å². The zero-order valence-corrected chi connectivity index (χ0v) is 15.8. The molecule has 132 valence electrons. The van der Waals surface area contributed by atoms with Crippen LogP contribution in [-0.4, -0.2) is 18.2 Å². The largest absolute Gasteiger partial charge is 0.493 e. The normalized spacial score (nSPS) is 22.7. The third kappa shape index (κ3) is 2.81. The van der Waals surface area contributed by atoms with E-state index in [2.05, 4.69) is 69.4 Å². The molecule has 0 saturated heterocycles. The summed E-state index contributed by atoms with van der Waals surface area (Å²) in [5.74, 6) is 1.79. The molecule has 1 unspecified atom stereocenters. The second-order valence-electron chi connectivity index (χ2n) is 8.55. The van der Waals surface area contributed by atoms with Crippen LogP contribution in [0, 0.1) is 0 Å². The molecule has 0 saturated carbocycles. The van der Waals surface area contributed by atoms with Gasteiger partial charge in [-0.2, -0.15) is 0 Å². The van der Waals surface area contributed by atoms with Crippen LogP contribution in [0.3, 0.4) is 0 Å². The maximum atomic E-state index is 6.27. The van der Waals surface area contributed by atoms with Crippen LogP contribution in [0.15, 0.2) is 36.4 Å². The van der Waals surface area contributed by atoms with E-state index in [1.54, 1.807) is 7.11 Å². The number of methoxy groups -OCH3 is 1. The molecule has 0 aromatic heterocycles. The van der Waals surface area contributed by atoms with Crippen molar-refractivity contribution in [3.8, 4) is 11.5 Å². The average Bonchev–Trinajstić information content (AvgIpc) is 2.88. The van der Waals surface area contributed by atoms with Gasteiger partial charge >= 0.3 is 0 Å². The smallest absolute Gasteiger partial charge is 0.165 e. The predicted octanol–water partition coefficient (Wildman–Crippen LogP) is 4.42. The molecule has 2 aliphatic heterocycles. The molecule has 0 fully saturated rings. The third-order valence-electron chi connectivity index (χ3n) is 5.26. The van der Waals surface area contributed by atoms with Crippen LogP contribution in [0.4, 0.5) is 0 Å². The van der Waals surface area contributed by atoms with Crippen molar-refractivity contribution < 1.29 is 9.47 Å². The Balaban J connectivity index is 1.95. The minimum atomic E-state index is -0.195. The van der Waals surface area contributed by atoms with E-state index >= 15 is 0 Å². The lowest BCUT2D eigenvalue weighted by molar-refractivity contribution is 0.134. The van der Waals surface area contributed by atoms with E-state index in [0.717, 1.165) is 24.3 Å². The van der Waals surface area contributed by atoms with Gasteiger partial charge in [-0.15, -0.1) is 0 Å². The van der Waals surface area contributed by atoms with Crippen LogP contribution in [0.5, 0.6) is 11.5 Å². The molecule has 25 heavy (non-hydrogen) atoms. The Hall–Kier alpha value is -2.00. The fourth-order valence-electron chi connectivity index (χ4n) is 4.33. The fraction of sp³-hybridized carbons (Fsp3) is 0.455. The van der Waals surface area contributed by atoms with E-state index in [1.165, 1.54) is 22.3 Å². The average molecular weight is 337 g/mol. The van der Waals surface area contributed by atoms with Gasteiger partial charge in [0.15, 0.2) is 11.5 Å². The molecule has 0 bridgehead atoms. The molecular weight excluding hydrogens is 310 g/mol. The van der Waals surface area contributed by atoms with E-state index < -0.39 is 0 Å². The Kier molecular flexibility index (Phi) is 3.62. The topological polar surface area (TPSA) is 30.5 Å².